The molecule has 0 saturated carbocycles. The topological polar surface area (TPSA) is 54.3 Å². The van der Waals surface area contributed by atoms with Crippen molar-refractivity contribution >= 4 is 17.3 Å². The molecule has 108 valence electrons. The van der Waals surface area contributed by atoms with Crippen molar-refractivity contribution in [3.63, 3.8) is 0 Å². The lowest BCUT2D eigenvalue weighted by Gasteiger charge is -2.10. The third-order valence-electron chi connectivity index (χ3n) is 2.83. The smallest absolute Gasteiger partial charge is 0.123 e. The van der Waals surface area contributed by atoms with Crippen molar-refractivity contribution in [2.24, 2.45) is 0 Å². The van der Waals surface area contributed by atoms with Crippen molar-refractivity contribution in [2.45, 2.75) is 0 Å². The molecule has 21 heavy (non-hydrogen) atoms. The largest absolute Gasteiger partial charge is 0.497 e. The number of ether oxygens (including phenoxy) is 2. The van der Waals surface area contributed by atoms with Crippen LogP contribution in [0.4, 0.5) is 5.69 Å². The Morgan fingerprint density at radius 2 is 2.00 bits per heavy atom. The Hall–Kier alpha value is -2.38. The maximum absolute atomic E-state index is 9.04. The summed E-state index contributed by atoms with van der Waals surface area (Å²) in [5, 5.41) is 12.7. The molecule has 2 rings (SSSR count). The molecule has 1 N–H and O–H groups in total. The maximum atomic E-state index is 9.04. The van der Waals surface area contributed by atoms with Crippen LogP contribution in [0.5, 0.6) is 11.5 Å². The Labute approximate surface area is 128 Å². The molecule has 0 aromatic heterocycles. The van der Waals surface area contributed by atoms with Crippen LogP contribution in [0, 0.1) is 11.3 Å². The summed E-state index contributed by atoms with van der Waals surface area (Å²) in [5.41, 5.74) is 1.26. The lowest BCUT2D eigenvalue weighted by Crippen LogP contribution is -2.12. The van der Waals surface area contributed by atoms with Crippen LogP contribution in [0.1, 0.15) is 5.56 Å². The molecular formula is C16H15ClN2O2. The third-order valence-corrected chi connectivity index (χ3v) is 3.06. The number of rotatable bonds is 6. The van der Waals surface area contributed by atoms with Gasteiger partial charge in [0.1, 0.15) is 24.2 Å². The predicted octanol–water partition coefficient (Wildman–Crippen LogP) is 3.71. The van der Waals surface area contributed by atoms with E-state index in [1.54, 1.807) is 25.3 Å². The molecule has 2 aromatic rings. The highest BCUT2D eigenvalue weighted by atomic mass is 35.5. The van der Waals surface area contributed by atoms with Crippen LogP contribution in [0.3, 0.4) is 0 Å². The zero-order valence-electron chi connectivity index (χ0n) is 11.6. The van der Waals surface area contributed by atoms with Gasteiger partial charge in [0.2, 0.25) is 0 Å². The van der Waals surface area contributed by atoms with Gasteiger partial charge in [-0.15, -0.1) is 0 Å². The van der Waals surface area contributed by atoms with Gasteiger partial charge in [-0.05, 0) is 30.3 Å². The summed E-state index contributed by atoms with van der Waals surface area (Å²) in [4.78, 5) is 0. The van der Waals surface area contributed by atoms with Crippen molar-refractivity contribution < 1.29 is 9.47 Å². The molecule has 5 heteroatoms. The van der Waals surface area contributed by atoms with Gasteiger partial charge in [-0.1, -0.05) is 17.7 Å². The molecule has 0 saturated heterocycles. The van der Waals surface area contributed by atoms with Gasteiger partial charge < -0.3 is 14.8 Å². The number of halogens is 1. The molecular weight excluding hydrogens is 288 g/mol. The summed E-state index contributed by atoms with van der Waals surface area (Å²) in [6.07, 6.45) is 0. The van der Waals surface area contributed by atoms with Crippen LogP contribution in [0.25, 0.3) is 0 Å². The number of methoxy groups -OCH3 is 1. The molecule has 0 heterocycles. The SMILES string of the molecule is COc1cccc(OCCNc2ccc(Cl)cc2C#N)c1. The van der Waals surface area contributed by atoms with Crippen LogP contribution in [0.15, 0.2) is 42.5 Å². The van der Waals surface area contributed by atoms with Gasteiger partial charge in [0, 0.05) is 17.6 Å². The predicted molar refractivity (Wildman–Crippen MR) is 83.1 cm³/mol. The van der Waals surface area contributed by atoms with E-state index in [9.17, 15) is 0 Å². The Bertz CT molecular complexity index is 653. The molecule has 0 bridgehead atoms. The second kappa shape index (κ2) is 7.41. The van der Waals surface area contributed by atoms with Crippen LogP contribution in [-0.4, -0.2) is 20.3 Å². The quantitative estimate of drug-likeness (QED) is 0.826. The fourth-order valence-corrected chi connectivity index (χ4v) is 1.98. The van der Waals surface area contributed by atoms with Gasteiger partial charge >= 0.3 is 0 Å². The summed E-state index contributed by atoms with van der Waals surface area (Å²) < 4.78 is 10.7. The Balaban J connectivity index is 1.86. The molecule has 0 spiro atoms. The van der Waals surface area contributed by atoms with Crippen molar-refractivity contribution in [1.82, 2.24) is 0 Å². The fourth-order valence-electron chi connectivity index (χ4n) is 1.81. The van der Waals surface area contributed by atoms with Gasteiger partial charge in [-0.25, -0.2) is 0 Å². The summed E-state index contributed by atoms with van der Waals surface area (Å²) >= 11 is 5.85. The zero-order valence-corrected chi connectivity index (χ0v) is 12.4. The van der Waals surface area contributed by atoms with Crippen molar-refractivity contribution in [3.8, 4) is 17.6 Å². The Morgan fingerprint density at radius 1 is 1.19 bits per heavy atom. The van der Waals surface area contributed by atoms with Crippen LogP contribution in [0.2, 0.25) is 5.02 Å². The molecule has 0 atom stereocenters. The highest BCUT2D eigenvalue weighted by Crippen LogP contribution is 2.20. The first-order valence-electron chi connectivity index (χ1n) is 6.43. The minimum absolute atomic E-state index is 0.473. The van der Waals surface area contributed by atoms with Crippen molar-refractivity contribution in [1.29, 1.82) is 5.26 Å². The molecule has 0 amide bonds. The first kappa shape index (κ1) is 15.0. The highest BCUT2D eigenvalue weighted by molar-refractivity contribution is 6.30. The first-order valence-corrected chi connectivity index (χ1v) is 6.81. The zero-order chi connectivity index (χ0) is 15.1. The van der Waals surface area contributed by atoms with Crippen LogP contribution < -0.4 is 14.8 Å². The lowest BCUT2D eigenvalue weighted by atomic mass is 10.2. The van der Waals surface area contributed by atoms with Crippen LogP contribution in [-0.2, 0) is 0 Å². The van der Waals surface area contributed by atoms with Gasteiger partial charge in [0.15, 0.2) is 0 Å². The van der Waals surface area contributed by atoms with E-state index < -0.39 is 0 Å². The second-order valence-corrected chi connectivity index (χ2v) is 4.69. The summed E-state index contributed by atoms with van der Waals surface area (Å²) in [5.74, 6) is 1.50. The van der Waals surface area contributed by atoms with Gasteiger partial charge in [-0.2, -0.15) is 5.26 Å². The number of nitrogens with one attached hydrogen (secondary N) is 1. The van der Waals surface area contributed by atoms with E-state index in [2.05, 4.69) is 11.4 Å². The number of benzene rings is 2. The van der Waals surface area contributed by atoms with E-state index in [0.717, 1.165) is 17.2 Å². The molecule has 0 aliphatic rings. The molecule has 0 unspecified atom stereocenters. The molecule has 0 fully saturated rings. The fraction of sp³-hybridized carbons (Fsp3) is 0.188. The van der Waals surface area contributed by atoms with E-state index in [0.29, 0.717) is 23.7 Å². The van der Waals surface area contributed by atoms with E-state index in [1.165, 1.54) is 0 Å². The first-order chi connectivity index (χ1) is 10.2. The Morgan fingerprint density at radius 3 is 2.76 bits per heavy atom. The third kappa shape index (κ3) is 4.30. The number of nitrogens with zero attached hydrogens (tertiary/aromatic N) is 1. The minimum Gasteiger partial charge on any atom is -0.497 e. The summed E-state index contributed by atoms with van der Waals surface area (Å²) in [6.45, 7) is 1.05. The monoisotopic (exact) mass is 302 g/mol. The molecule has 0 aliphatic heterocycles. The van der Waals surface area contributed by atoms with E-state index in [4.69, 9.17) is 26.3 Å². The number of hydrogen-bond acceptors (Lipinski definition) is 4. The van der Waals surface area contributed by atoms with Gasteiger partial charge in [0.25, 0.3) is 0 Å². The molecule has 2 aromatic carbocycles. The van der Waals surface area contributed by atoms with Gasteiger partial charge in [-0.3, -0.25) is 0 Å². The number of hydrogen-bond donors (Lipinski definition) is 1. The van der Waals surface area contributed by atoms with E-state index in [1.807, 2.05) is 24.3 Å². The normalized spacial score (nSPS) is 9.76. The van der Waals surface area contributed by atoms with E-state index >= 15 is 0 Å². The Kier molecular flexibility index (Phi) is 5.30. The average Bonchev–Trinajstić information content (AvgIpc) is 2.52. The highest BCUT2D eigenvalue weighted by Gasteiger charge is 2.02. The number of nitriles is 1. The van der Waals surface area contributed by atoms with Crippen molar-refractivity contribution in [3.05, 3.63) is 53.1 Å². The van der Waals surface area contributed by atoms with Crippen molar-refractivity contribution in [2.75, 3.05) is 25.6 Å². The average molecular weight is 303 g/mol. The van der Waals surface area contributed by atoms with Crippen LogP contribution >= 0.6 is 11.6 Å². The molecule has 0 aliphatic carbocycles. The van der Waals surface area contributed by atoms with Gasteiger partial charge in [0.05, 0.1) is 18.4 Å². The minimum atomic E-state index is 0.473. The second-order valence-electron chi connectivity index (χ2n) is 4.26. The molecule has 0 radical (unpaired) electrons. The summed E-state index contributed by atoms with van der Waals surface area (Å²) in [6, 6.07) is 14.7. The van der Waals surface area contributed by atoms with E-state index in [-0.39, 0.29) is 0 Å². The maximum Gasteiger partial charge on any atom is 0.123 e. The molecule has 4 nitrogen and oxygen atoms in total. The lowest BCUT2D eigenvalue weighted by molar-refractivity contribution is 0.329. The number of anilines is 1. The summed E-state index contributed by atoms with van der Waals surface area (Å²) in [7, 11) is 1.62. The standard InChI is InChI=1S/C16H15ClN2O2/c1-20-14-3-2-4-15(10-14)21-8-7-19-16-6-5-13(17)9-12(16)11-18/h2-6,9-10,19H,7-8H2,1H3.